The number of aromatic amines is 1. The first-order chi connectivity index (χ1) is 6.45. The van der Waals surface area contributed by atoms with Gasteiger partial charge in [-0.15, -0.1) is 11.7 Å². The molecule has 4 nitrogen and oxygen atoms in total. The largest absolute Gasteiger partial charge is 0.453 e. The van der Waals surface area contributed by atoms with Crippen LogP contribution in [0.15, 0.2) is 12.7 Å². The second kappa shape index (κ2) is 3.79. The minimum Gasteiger partial charge on any atom is -0.321 e. The molecule has 78 valence electrons. The molecule has 0 saturated heterocycles. The Bertz CT molecular complexity index is 317. The van der Waals surface area contributed by atoms with E-state index in [1.807, 2.05) is 0 Å². The molecule has 1 aromatic heterocycles. The first-order valence-corrected chi connectivity index (χ1v) is 3.81. The van der Waals surface area contributed by atoms with Crippen molar-refractivity contribution in [3.63, 3.8) is 0 Å². The minimum atomic E-state index is -4.54. The van der Waals surface area contributed by atoms with E-state index >= 15 is 0 Å². The lowest BCUT2D eigenvalue weighted by Crippen LogP contribution is -2.12. The maximum Gasteiger partial charge on any atom is 0.453 e. The van der Waals surface area contributed by atoms with Crippen molar-refractivity contribution in [2.24, 2.45) is 5.73 Å². The van der Waals surface area contributed by atoms with E-state index in [4.69, 9.17) is 5.73 Å². The van der Waals surface area contributed by atoms with Crippen LogP contribution in [0.25, 0.3) is 0 Å². The Morgan fingerprint density at radius 2 is 2.21 bits per heavy atom. The van der Waals surface area contributed by atoms with Crippen molar-refractivity contribution < 1.29 is 13.2 Å². The Hall–Kier alpha value is -1.37. The fourth-order valence-corrected chi connectivity index (χ4v) is 0.858. The van der Waals surface area contributed by atoms with Gasteiger partial charge in [-0.05, 0) is 6.42 Å². The summed E-state index contributed by atoms with van der Waals surface area (Å²) in [6, 6.07) is -0.629. The minimum absolute atomic E-state index is 0.0113. The van der Waals surface area contributed by atoms with Crippen LogP contribution in [0, 0.1) is 0 Å². The molecular formula is C7H9F3N4. The Morgan fingerprint density at radius 1 is 1.57 bits per heavy atom. The molecule has 1 heterocycles. The number of hydrogen-bond acceptors (Lipinski definition) is 3. The van der Waals surface area contributed by atoms with Gasteiger partial charge in [-0.2, -0.15) is 13.2 Å². The highest BCUT2D eigenvalue weighted by atomic mass is 19.4. The molecular weight excluding hydrogens is 197 g/mol. The van der Waals surface area contributed by atoms with Crippen LogP contribution >= 0.6 is 0 Å². The maximum atomic E-state index is 12.0. The lowest BCUT2D eigenvalue weighted by molar-refractivity contribution is -0.144. The zero-order valence-electron chi connectivity index (χ0n) is 7.17. The molecule has 1 aromatic rings. The van der Waals surface area contributed by atoms with Crippen LogP contribution in [0.2, 0.25) is 0 Å². The quantitative estimate of drug-likeness (QED) is 0.734. The smallest absolute Gasteiger partial charge is 0.321 e. The number of nitrogens with one attached hydrogen (secondary N) is 1. The van der Waals surface area contributed by atoms with Crippen molar-refractivity contribution in [1.82, 2.24) is 15.2 Å². The number of alkyl halides is 3. The molecule has 0 fully saturated rings. The highest BCUT2D eigenvalue weighted by molar-refractivity contribution is 5.00. The second-order valence-electron chi connectivity index (χ2n) is 2.67. The van der Waals surface area contributed by atoms with Crippen LogP contribution in [0.5, 0.6) is 0 Å². The monoisotopic (exact) mass is 206 g/mol. The van der Waals surface area contributed by atoms with Gasteiger partial charge in [-0.25, -0.2) is 4.98 Å². The fourth-order valence-electron chi connectivity index (χ4n) is 0.858. The lowest BCUT2D eigenvalue weighted by atomic mass is 10.2. The topological polar surface area (TPSA) is 67.6 Å². The van der Waals surface area contributed by atoms with Crippen molar-refractivity contribution in [1.29, 1.82) is 0 Å². The normalized spacial score (nSPS) is 14.0. The summed E-state index contributed by atoms with van der Waals surface area (Å²) in [6.45, 7) is 3.42. The number of rotatable bonds is 3. The molecule has 0 aliphatic carbocycles. The van der Waals surface area contributed by atoms with Crippen molar-refractivity contribution >= 4 is 0 Å². The first kappa shape index (κ1) is 10.7. The third-order valence-electron chi connectivity index (χ3n) is 1.53. The van der Waals surface area contributed by atoms with Crippen molar-refractivity contribution in [3.8, 4) is 0 Å². The van der Waals surface area contributed by atoms with E-state index in [2.05, 4.69) is 21.8 Å². The van der Waals surface area contributed by atoms with Gasteiger partial charge in [0.15, 0.2) is 0 Å². The second-order valence-corrected chi connectivity index (χ2v) is 2.67. The average molecular weight is 206 g/mol. The predicted octanol–water partition coefficient (Wildman–Crippen LogP) is 1.40. The van der Waals surface area contributed by atoms with Gasteiger partial charge in [-0.1, -0.05) is 6.08 Å². The summed E-state index contributed by atoms with van der Waals surface area (Å²) in [4.78, 5) is 3.24. The summed E-state index contributed by atoms with van der Waals surface area (Å²) in [5.41, 5.74) is 5.49. The summed E-state index contributed by atoms with van der Waals surface area (Å²) in [6.07, 6.45) is -2.70. The molecule has 0 radical (unpaired) electrons. The van der Waals surface area contributed by atoms with Gasteiger partial charge in [0.25, 0.3) is 5.82 Å². The van der Waals surface area contributed by atoms with Gasteiger partial charge >= 0.3 is 6.18 Å². The van der Waals surface area contributed by atoms with Crippen molar-refractivity contribution in [2.45, 2.75) is 18.6 Å². The molecule has 0 amide bonds. The molecule has 0 spiro atoms. The molecule has 0 aliphatic heterocycles. The number of aromatic nitrogens is 3. The van der Waals surface area contributed by atoms with Crippen LogP contribution in [-0.4, -0.2) is 15.2 Å². The Balaban J connectivity index is 2.82. The van der Waals surface area contributed by atoms with Gasteiger partial charge in [0.1, 0.15) is 5.82 Å². The van der Waals surface area contributed by atoms with Crippen LogP contribution in [-0.2, 0) is 6.18 Å². The van der Waals surface area contributed by atoms with Gasteiger partial charge in [0.05, 0.1) is 6.04 Å². The van der Waals surface area contributed by atoms with Crippen LogP contribution in [0.4, 0.5) is 13.2 Å². The molecule has 0 saturated carbocycles. The molecule has 14 heavy (non-hydrogen) atoms. The van der Waals surface area contributed by atoms with E-state index in [0.717, 1.165) is 0 Å². The summed E-state index contributed by atoms with van der Waals surface area (Å²) in [5.74, 6) is -1.19. The van der Waals surface area contributed by atoms with Gasteiger partial charge in [0.2, 0.25) is 0 Å². The number of hydrogen-bond donors (Lipinski definition) is 2. The summed E-state index contributed by atoms with van der Waals surface area (Å²) < 4.78 is 36.1. The molecule has 1 rings (SSSR count). The van der Waals surface area contributed by atoms with E-state index in [-0.39, 0.29) is 5.82 Å². The van der Waals surface area contributed by atoms with E-state index in [9.17, 15) is 13.2 Å². The Labute approximate surface area is 78.0 Å². The van der Waals surface area contributed by atoms with Crippen molar-refractivity contribution in [2.75, 3.05) is 0 Å². The fraction of sp³-hybridized carbons (Fsp3) is 0.429. The Morgan fingerprint density at radius 3 is 2.64 bits per heavy atom. The van der Waals surface area contributed by atoms with E-state index < -0.39 is 18.0 Å². The van der Waals surface area contributed by atoms with E-state index in [0.29, 0.717) is 6.42 Å². The Kier molecular flexibility index (Phi) is 2.90. The lowest BCUT2D eigenvalue weighted by Gasteiger charge is -2.02. The number of H-pyrrole nitrogens is 1. The molecule has 0 aromatic carbocycles. The molecule has 0 bridgehead atoms. The molecule has 1 atom stereocenters. The van der Waals surface area contributed by atoms with Crippen molar-refractivity contribution in [3.05, 3.63) is 24.3 Å². The highest BCUT2D eigenvalue weighted by Gasteiger charge is 2.36. The first-order valence-electron chi connectivity index (χ1n) is 3.81. The average Bonchev–Trinajstić information content (AvgIpc) is 2.51. The van der Waals surface area contributed by atoms with E-state index in [1.165, 1.54) is 6.08 Å². The zero-order valence-corrected chi connectivity index (χ0v) is 7.17. The molecule has 0 aliphatic rings. The van der Waals surface area contributed by atoms with Gasteiger partial charge in [0, 0.05) is 0 Å². The number of nitrogens with two attached hydrogens (primary N) is 1. The standard InChI is InChI=1S/C7H9F3N4/c1-2-3-4(11)5-12-6(14-13-5)7(8,9)10/h2,4H,1,3,11H2,(H,12,13,14). The highest BCUT2D eigenvalue weighted by Crippen LogP contribution is 2.26. The van der Waals surface area contributed by atoms with Gasteiger partial charge < -0.3 is 5.73 Å². The zero-order chi connectivity index (χ0) is 10.8. The van der Waals surface area contributed by atoms with Crippen LogP contribution < -0.4 is 5.73 Å². The molecule has 7 heteroatoms. The number of nitrogens with zero attached hydrogens (tertiary/aromatic N) is 2. The van der Waals surface area contributed by atoms with Crippen LogP contribution in [0.1, 0.15) is 24.1 Å². The molecule has 3 N–H and O–H groups in total. The SMILES string of the molecule is C=CCC(N)c1nc(C(F)(F)F)n[nH]1. The third-order valence-corrected chi connectivity index (χ3v) is 1.53. The predicted molar refractivity (Wildman–Crippen MR) is 43.1 cm³/mol. The van der Waals surface area contributed by atoms with Gasteiger partial charge in [-0.3, -0.25) is 5.10 Å². The maximum absolute atomic E-state index is 12.0. The summed E-state index contributed by atoms with van der Waals surface area (Å²) in [7, 11) is 0. The summed E-state index contributed by atoms with van der Waals surface area (Å²) in [5, 5.41) is 5.16. The van der Waals surface area contributed by atoms with Crippen LogP contribution in [0.3, 0.4) is 0 Å². The summed E-state index contributed by atoms with van der Waals surface area (Å²) >= 11 is 0. The number of halogens is 3. The van der Waals surface area contributed by atoms with E-state index in [1.54, 1.807) is 0 Å². The third kappa shape index (κ3) is 2.32. The molecule has 1 unspecified atom stereocenters.